The topological polar surface area (TPSA) is 99.7 Å². The van der Waals surface area contributed by atoms with Gasteiger partial charge in [-0.3, -0.25) is 4.90 Å². The molecule has 5 rings (SSSR count). The highest BCUT2D eigenvalue weighted by Crippen LogP contribution is 2.41. The zero-order chi connectivity index (χ0) is 33.0. The van der Waals surface area contributed by atoms with Crippen LogP contribution in [0.1, 0.15) is 76.0 Å². The molecule has 1 saturated heterocycles. The first-order chi connectivity index (χ1) is 22.0. The summed E-state index contributed by atoms with van der Waals surface area (Å²) in [6, 6.07) is 12.1. The van der Waals surface area contributed by atoms with Gasteiger partial charge in [0.2, 0.25) is 5.95 Å². The lowest BCUT2D eigenvalue weighted by molar-refractivity contribution is 0.0878. The smallest absolute Gasteiger partial charge is 0.229 e. The molecule has 46 heavy (non-hydrogen) atoms. The molecule has 0 amide bonds. The molecular formula is C35H49IN6O3S. The number of piperazine rings is 1. The predicted molar refractivity (Wildman–Crippen MR) is 196 cm³/mol. The molecule has 2 N–H and O–H groups in total. The molecule has 1 aliphatic carbocycles. The number of para-hydroxylation sites is 1. The molecule has 0 unspecified atom stereocenters. The molecule has 250 valence electrons. The van der Waals surface area contributed by atoms with Crippen molar-refractivity contribution in [2.24, 2.45) is 0 Å². The Balaban J connectivity index is 1.38. The fraction of sp³-hybridized carbons (Fsp3) is 0.543. The number of benzene rings is 2. The molecule has 0 atom stereocenters. The molecule has 1 aromatic heterocycles. The maximum absolute atomic E-state index is 13.1. The Morgan fingerprint density at radius 1 is 0.978 bits per heavy atom. The van der Waals surface area contributed by atoms with E-state index in [2.05, 4.69) is 74.1 Å². The fourth-order valence-corrected chi connectivity index (χ4v) is 8.28. The summed E-state index contributed by atoms with van der Waals surface area (Å²) in [6.07, 6.45) is 6.64. The second-order valence-electron chi connectivity index (χ2n) is 13.3. The number of rotatable bonds is 11. The first-order valence-electron chi connectivity index (χ1n) is 16.5. The van der Waals surface area contributed by atoms with Crippen molar-refractivity contribution in [3.05, 3.63) is 59.3 Å². The maximum Gasteiger partial charge on any atom is 0.229 e. The van der Waals surface area contributed by atoms with Crippen molar-refractivity contribution in [3.63, 3.8) is 0 Å². The number of halogens is 1. The second kappa shape index (κ2) is 15.2. The van der Waals surface area contributed by atoms with E-state index in [1.807, 2.05) is 19.9 Å². The number of aryl methyl sites for hydroxylation is 1. The zero-order valence-electron chi connectivity index (χ0n) is 28.0. The van der Waals surface area contributed by atoms with Crippen LogP contribution in [0.4, 0.5) is 23.1 Å². The first kappa shape index (κ1) is 34.8. The molecule has 9 nitrogen and oxygen atoms in total. The lowest BCUT2D eigenvalue weighted by atomic mass is 9.79. The minimum atomic E-state index is -3.50. The van der Waals surface area contributed by atoms with Gasteiger partial charge in [-0.25, -0.2) is 13.4 Å². The largest absolute Gasteiger partial charge is 0.489 e. The molecule has 1 aliphatic heterocycles. The van der Waals surface area contributed by atoms with Gasteiger partial charge in [-0.2, -0.15) is 4.98 Å². The number of hydrogen-bond acceptors (Lipinski definition) is 9. The molecule has 0 radical (unpaired) electrons. The quantitative estimate of drug-likeness (QED) is 0.153. The van der Waals surface area contributed by atoms with Gasteiger partial charge in [-0.05, 0) is 109 Å². The van der Waals surface area contributed by atoms with E-state index in [0.29, 0.717) is 33.8 Å². The van der Waals surface area contributed by atoms with Crippen LogP contribution in [0.3, 0.4) is 0 Å². The normalized spacial score (nSPS) is 19.8. The van der Waals surface area contributed by atoms with Gasteiger partial charge in [0.25, 0.3) is 0 Å². The van der Waals surface area contributed by atoms with Gasteiger partial charge in [-0.1, -0.05) is 34.7 Å². The minimum absolute atomic E-state index is 0.00280. The summed E-state index contributed by atoms with van der Waals surface area (Å²) in [5.74, 6) is 2.29. The number of ether oxygens (including phenoxy) is 1. The lowest BCUT2D eigenvalue weighted by Gasteiger charge is -2.41. The Morgan fingerprint density at radius 2 is 1.67 bits per heavy atom. The molecule has 0 spiro atoms. The van der Waals surface area contributed by atoms with Crippen LogP contribution in [0.5, 0.6) is 5.75 Å². The van der Waals surface area contributed by atoms with Gasteiger partial charge in [0.15, 0.2) is 9.84 Å². The van der Waals surface area contributed by atoms with Gasteiger partial charge in [-0.15, -0.1) is 0 Å². The van der Waals surface area contributed by atoms with Crippen LogP contribution in [0.15, 0.2) is 47.5 Å². The van der Waals surface area contributed by atoms with Crippen molar-refractivity contribution in [1.29, 1.82) is 0 Å². The molecule has 2 heterocycles. The highest BCUT2D eigenvalue weighted by molar-refractivity contribution is 14.1. The Labute approximate surface area is 289 Å². The number of hydrogen-bond donors (Lipinski definition) is 2. The molecule has 0 bridgehead atoms. The predicted octanol–water partition coefficient (Wildman–Crippen LogP) is 7.45. The monoisotopic (exact) mass is 760 g/mol. The number of nitrogens with zero attached hydrogens (tertiary/aromatic N) is 4. The highest BCUT2D eigenvalue weighted by atomic mass is 127. The Bertz CT molecular complexity index is 1600. The van der Waals surface area contributed by atoms with Crippen LogP contribution in [0.2, 0.25) is 0 Å². The summed E-state index contributed by atoms with van der Waals surface area (Å²) in [7, 11) is -1.28. The lowest BCUT2D eigenvalue weighted by Crippen LogP contribution is -2.49. The van der Waals surface area contributed by atoms with Gasteiger partial charge < -0.3 is 20.3 Å². The third-order valence-corrected chi connectivity index (χ3v) is 12.3. The average molecular weight is 761 g/mol. The van der Waals surface area contributed by atoms with Crippen LogP contribution < -0.4 is 15.4 Å². The van der Waals surface area contributed by atoms with Gasteiger partial charge in [0.05, 0.1) is 27.6 Å². The average Bonchev–Trinajstić information content (AvgIpc) is 3.03. The fourth-order valence-electron chi connectivity index (χ4n) is 6.52. The Hall–Kier alpha value is -2.48. The second-order valence-corrected chi connectivity index (χ2v) is 16.5. The number of aromatic nitrogens is 2. The van der Waals surface area contributed by atoms with Crippen LogP contribution in [-0.2, 0) is 14.3 Å². The third kappa shape index (κ3) is 8.14. The number of anilines is 4. The zero-order valence-corrected chi connectivity index (χ0v) is 31.0. The summed E-state index contributed by atoms with van der Waals surface area (Å²) in [5, 5.41) is 6.19. The standard InChI is InChI=1S/C35H49IN6O3S/c1-23(2)45-32-20-29(26-11-13-28(14-12-26)42-17-15-41(6)16-18-42)25(5)19-31(32)39-35-37-22-27(21-36)34(40-35)38-30-9-7-8-10-33(30)46(43,44)24(3)4/h7-10,19-20,22-24,26,28H,11-18,21H2,1-6H3,(H2,37,38,39,40). The van der Waals surface area contributed by atoms with Gasteiger partial charge in [0.1, 0.15) is 11.6 Å². The van der Waals surface area contributed by atoms with Crippen molar-refractivity contribution >= 4 is 55.6 Å². The molecule has 3 aromatic rings. The first-order valence-corrected chi connectivity index (χ1v) is 19.6. The van der Waals surface area contributed by atoms with Gasteiger partial charge in [0, 0.05) is 48.4 Å². The van der Waals surface area contributed by atoms with Crippen molar-refractivity contribution in [3.8, 4) is 5.75 Å². The van der Waals surface area contributed by atoms with E-state index in [0.717, 1.165) is 17.0 Å². The van der Waals surface area contributed by atoms with E-state index in [-0.39, 0.29) is 11.0 Å². The number of nitrogens with one attached hydrogen (secondary N) is 2. The number of alkyl halides is 1. The summed E-state index contributed by atoms with van der Waals surface area (Å²) >= 11 is 2.27. The van der Waals surface area contributed by atoms with Crippen LogP contribution in [0.25, 0.3) is 0 Å². The van der Waals surface area contributed by atoms with Gasteiger partial charge >= 0.3 is 0 Å². The van der Waals surface area contributed by atoms with Crippen molar-refractivity contribution in [2.45, 2.75) is 92.9 Å². The molecule has 2 aliphatic rings. The van der Waals surface area contributed by atoms with E-state index in [9.17, 15) is 8.42 Å². The van der Waals surface area contributed by atoms with E-state index >= 15 is 0 Å². The third-order valence-electron chi connectivity index (χ3n) is 9.24. The van der Waals surface area contributed by atoms with E-state index in [4.69, 9.17) is 9.72 Å². The summed E-state index contributed by atoms with van der Waals surface area (Å²) < 4.78 is 33.2. The van der Waals surface area contributed by atoms with Crippen molar-refractivity contribution in [1.82, 2.24) is 19.8 Å². The minimum Gasteiger partial charge on any atom is -0.489 e. The van der Waals surface area contributed by atoms with Crippen LogP contribution in [-0.4, -0.2) is 78.8 Å². The van der Waals surface area contributed by atoms with Crippen LogP contribution in [0, 0.1) is 6.92 Å². The molecule has 1 saturated carbocycles. The van der Waals surface area contributed by atoms with Crippen molar-refractivity contribution in [2.75, 3.05) is 43.9 Å². The van der Waals surface area contributed by atoms with E-state index in [1.165, 1.54) is 63.0 Å². The number of sulfone groups is 1. The molecule has 11 heteroatoms. The summed E-state index contributed by atoms with van der Waals surface area (Å²) in [6.45, 7) is 14.3. The highest BCUT2D eigenvalue weighted by Gasteiger charge is 2.30. The summed E-state index contributed by atoms with van der Waals surface area (Å²) in [5.41, 5.74) is 4.79. The Morgan fingerprint density at radius 3 is 2.33 bits per heavy atom. The molecule has 2 fully saturated rings. The van der Waals surface area contributed by atoms with E-state index in [1.54, 1.807) is 38.2 Å². The molecule has 2 aromatic carbocycles. The van der Waals surface area contributed by atoms with Crippen molar-refractivity contribution < 1.29 is 13.2 Å². The Kier molecular flexibility index (Phi) is 11.5. The van der Waals surface area contributed by atoms with Crippen LogP contribution >= 0.6 is 22.6 Å². The summed E-state index contributed by atoms with van der Waals surface area (Å²) in [4.78, 5) is 14.8. The number of likely N-dealkylation sites (N-methyl/N-ethyl adjacent to an activating group) is 1. The SMILES string of the molecule is Cc1cc(Nc2ncc(CI)c(Nc3ccccc3S(=O)(=O)C(C)C)n2)c(OC(C)C)cc1C1CCC(N2CCN(C)CC2)CC1. The van der Waals surface area contributed by atoms with E-state index < -0.39 is 15.1 Å². The molecular weight excluding hydrogens is 711 g/mol. The maximum atomic E-state index is 13.1.